The van der Waals surface area contributed by atoms with Crippen LogP contribution in [0.25, 0.3) is 6.08 Å². The van der Waals surface area contributed by atoms with Gasteiger partial charge in [-0.25, -0.2) is 0 Å². The molecule has 8 nitrogen and oxygen atoms in total. The Hall–Kier alpha value is -3.29. The lowest BCUT2D eigenvalue weighted by Gasteiger charge is -2.19. The molecular weight excluding hydrogens is 532 g/mol. The van der Waals surface area contributed by atoms with Crippen molar-refractivity contribution in [2.75, 3.05) is 32.6 Å². The molecule has 39 heavy (non-hydrogen) atoms. The highest BCUT2D eigenvalue weighted by atomic mass is 32.2. The standard InChI is InChI=1S/C29H36N4O4S2/c1-6-8-9-10-15-33-28(35)25(39-29(33)38)17-21-19(3)22(18-30)27(34)32(7-2)26(21)31-14-13-20-11-12-23(36-4)24(16-20)37-5/h11-12,16-17,31H,6-10,13-15H2,1-5H3/b25-17+. The molecule has 10 heteroatoms. The van der Waals surface area contributed by atoms with Gasteiger partial charge in [0.1, 0.15) is 21.8 Å². The first kappa shape index (κ1) is 30.3. The summed E-state index contributed by atoms with van der Waals surface area (Å²) >= 11 is 6.78. The van der Waals surface area contributed by atoms with E-state index in [1.807, 2.05) is 25.1 Å². The lowest BCUT2D eigenvalue weighted by Crippen LogP contribution is -2.29. The van der Waals surface area contributed by atoms with Crippen LogP contribution < -0.4 is 20.3 Å². The summed E-state index contributed by atoms with van der Waals surface area (Å²) in [6, 6.07) is 7.81. The molecule has 0 spiro atoms. The number of carbonyl (C=O) groups is 1. The minimum Gasteiger partial charge on any atom is -0.493 e. The van der Waals surface area contributed by atoms with E-state index in [1.165, 1.54) is 11.8 Å². The topological polar surface area (TPSA) is 96.6 Å². The van der Waals surface area contributed by atoms with Crippen molar-refractivity contribution in [2.24, 2.45) is 0 Å². The number of carbonyl (C=O) groups excluding carboxylic acids is 1. The number of aromatic nitrogens is 1. The van der Waals surface area contributed by atoms with E-state index in [4.69, 9.17) is 21.7 Å². The average Bonchev–Trinajstić information content (AvgIpc) is 3.20. The van der Waals surface area contributed by atoms with Crippen molar-refractivity contribution in [3.63, 3.8) is 0 Å². The van der Waals surface area contributed by atoms with Crippen LogP contribution in [0.5, 0.6) is 11.5 Å². The second kappa shape index (κ2) is 14.2. The number of thiocarbonyl (C=S) groups is 1. The maximum atomic E-state index is 13.3. The minimum absolute atomic E-state index is 0.0728. The van der Waals surface area contributed by atoms with Crippen molar-refractivity contribution in [3.05, 3.63) is 55.7 Å². The molecule has 1 fully saturated rings. The van der Waals surface area contributed by atoms with E-state index in [1.54, 1.807) is 36.7 Å². The number of anilines is 1. The zero-order valence-electron chi connectivity index (χ0n) is 23.3. The predicted octanol–water partition coefficient (Wildman–Crippen LogP) is 5.50. The summed E-state index contributed by atoms with van der Waals surface area (Å²) in [7, 11) is 3.19. The van der Waals surface area contributed by atoms with Crippen LogP contribution in [0.3, 0.4) is 0 Å². The van der Waals surface area contributed by atoms with Crippen LogP contribution in [0.4, 0.5) is 5.82 Å². The van der Waals surface area contributed by atoms with E-state index in [0.29, 0.717) is 63.7 Å². The predicted molar refractivity (Wildman–Crippen MR) is 162 cm³/mol. The van der Waals surface area contributed by atoms with Crippen molar-refractivity contribution in [1.29, 1.82) is 5.26 Å². The molecule has 2 aromatic rings. The molecule has 1 aromatic carbocycles. The number of unbranched alkanes of at least 4 members (excludes halogenated alkanes) is 3. The molecule has 3 rings (SSSR count). The van der Waals surface area contributed by atoms with Gasteiger partial charge in [0.25, 0.3) is 11.5 Å². The summed E-state index contributed by atoms with van der Waals surface area (Å²) in [6.45, 7) is 7.23. The van der Waals surface area contributed by atoms with Gasteiger partial charge in [-0.15, -0.1) is 0 Å². The van der Waals surface area contributed by atoms with Crippen LogP contribution in [0.15, 0.2) is 27.9 Å². The van der Waals surface area contributed by atoms with E-state index in [2.05, 4.69) is 18.3 Å². The van der Waals surface area contributed by atoms with Crippen LogP contribution in [0.2, 0.25) is 0 Å². The Bertz CT molecular complexity index is 1360. The number of hydrogen-bond acceptors (Lipinski definition) is 8. The molecule has 1 saturated heterocycles. The summed E-state index contributed by atoms with van der Waals surface area (Å²) < 4.78 is 12.8. The number of hydrogen-bond donors (Lipinski definition) is 1. The van der Waals surface area contributed by atoms with Crippen LogP contribution in [0, 0.1) is 18.3 Å². The molecule has 0 unspecified atom stereocenters. The maximum absolute atomic E-state index is 13.3. The van der Waals surface area contributed by atoms with Gasteiger partial charge in [0.05, 0.1) is 19.1 Å². The number of pyridine rings is 1. The monoisotopic (exact) mass is 568 g/mol. The molecule has 0 atom stereocenters. The Kier molecular flexibility index (Phi) is 11.0. The zero-order valence-corrected chi connectivity index (χ0v) is 24.9. The second-order valence-electron chi connectivity index (χ2n) is 9.18. The number of amides is 1. The number of benzene rings is 1. The third kappa shape index (κ3) is 6.84. The van der Waals surface area contributed by atoms with Crippen molar-refractivity contribution < 1.29 is 14.3 Å². The summed E-state index contributed by atoms with van der Waals surface area (Å²) in [5.41, 5.74) is 1.93. The molecule has 1 aliphatic heterocycles. The van der Waals surface area contributed by atoms with Crippen molar-refractivity contribution >= 4 is 46.1 Å². The first-order valence-electron chi connectivity index (χ1n) is 13.2. The fourth-order valence-corrected chi connectivity index (χ4v) is 5.83. The van der Waals surface area contributed by atoms with Gasteiger partial charge in [0, 0.05) is 25.2 Å². The van der Waals surface area contributed by atoms with E-state index < -0.39 is 0 Å². The number of ether oxygens (including phenoxy) is 2. The van der Waals surface area contributed by atoms with Gasteiger partial charge in [-0.3, -0.25) is 19.1 Å². The Labute approximate surface area is 240 Å². The zero-order chi connectivity index (χ0) is 28.5. The summed E-state index contributed by atoms with van der Waals surface area (Å²) in [4.78, 5) is 28.6. The van der Waals surface area contributed by atoms with E-state index >= 15 is 0 Å². The smallest absolute Gasteiger partial charge is 0.270 e. The number of nitrogens with zero attached hydrogens (tertiary/aromatic N) is 3. The molecule has 0 radical (unpaired) electrons. The quantitative estimate of drug-likeness (QED) is 0.192. The van der Waals surface area contributed by atoms with Gasteiger partial charge in [0.2, 0.25) is 0 Å². The fourth-order valence-electron chi connectivity index (χ4n) is 4.54. The summed E-state index contributed by atoms with van der Waals surface area (Å²) in [5.74, 6) is 1.74. The number of methoxy groups -OCH3 is 2. The van der Waals surface area contributed by atoms with Crippen LogP contribution in [-0.2, 0) is 17.8 Å². The van der Waals surface area contributed by atoms with Gasteiger partial charge >= 0.3 is 0 Å². The summed E-state index contributed by atoms with van der Waals surface area (Å²) in [5, 5.41) is 13.2. The van der Waals surface area contributed by atoms with E-state index in [9.17, 15) is 14.9 Å². The summed E-state index contributed by atoms with van der Waals surface area (Å²) in [6.07, 6.45) is 6.61. The number of thioether (sulfide) groups is 1. The lowest BCUT2D eigenvalue weighted by atomic mass is 10.0. The number of nitrogens with one attached hydrogen (secondary N) is 1. The highest BCUT2D eigenvalue weighted by Crippen LogP contribution is 2.35. The molecular formula is C29H36N4O4S2. The molecule has 0 saturated carbocycles. The van der Waals surface area contributed by atoms with Gasteiger partial charge in [-0.2, -0.15) is 5.26 Å². The first-order valence-corrected chi connectivity index (χ1v) is 14.4. The highest BCUT2D eigenvalue weighted by Gasteiger charge is 2.32. The molecule has 208 valence electrons. The normalized spacial score (nSPS) is 14.2. The largest absolute Gasteiger partial charge is 0.493 e. The van der Waals surface area contributed by atoms with Gasteiger partial charge in [-0.05, 0) is 56.0 Å². The Morgan fingerprint density at radius 1 is 1.13 bits per heavy atom. The van der Waals surface area contributed by atoms with Crippen molar-refractivity contribution in [1.82, 2.24) is 9.47 Å². The first-order chi connectivity index (χ1) is 18.8. The maximum Gasteiger partial charge on any atom is 0.270 e. The molecule has 1 amide bonds. The van der Waals surface area contributed by atoms with E-state index in [0.717, 1.165) is 31.2 Å². The Morgan fingerprint density at radius 3 is 2.51 bits per heavy atom. The van der Waals surface area contributed by atoms with Gasteiger partial charge in [-0.1, -0.05) is 56.2 Å². The SMILES string of the molecule is CCCCCCN1C(=O)/C(=C\c2c(C)c(C#N)c(=O)n(CC)c2NCCc2ccc(OC)c(OC)c2)SC1=S. The Balaban J connectivity index is 1.94. The molecule has 1 aliphatic rings. The molecule has 2 heterocycles. The molecule has 1 aromatic heterocycles. The molecule has 0 bridgehead atoms. The second-order valence-corrected chi connectivity index (χ2v) is 10.9. The van der Waals surface area contributed by atoms with Gasteiger partial charge < -0.3 is 14.8 Å². The molecule has 0 aliphatic carbocycles. The fraction of sp³-hybridized carbons (Fsp3) is 0.448. The van der Waals surface area contributed by atoms with E-state index in [-0.39, 0.29) is 17.0 Å². The molecule has 1 N–H and O–H groups in total. The van der Waals surface area contributed by atoms with Crippen LogP contribution >= 0.6 is 24.0 Å². The van der Waals surface area contributed by atoms with Crippen LogP contribution in [0.1, 0.15) is 61.8 Å². The average molecular weight is 569 g/mol. The highest BCUT2D eigenvalue weighted by molar-refractivity contribution is 8.26. The third-order valence-corrected chi connectivity index (χ3v) is 8.11. The number of rotatable bonds is 13. The van der Waals surface area contributed by atoms with Crippen molar-refractivity contribution in [3.8, 4) is 17.6 Å². The number of nitriles is 1. The van der Waals surface area contributed by atoms with Crippen molar-refractivity contribution in [2.45, 2.75) is 59.4 Å². The van der Waals surface area contributed by atoms with Gasteiger partial charge in [0.15, 0.2) is 11.5 Å². The minimum atomic E-state index is -0.355. The van der Waals surface area contributed by atoms with Crippen LogP contribution in [-0.4, -0.2) is 47.0 Å². The Morgan fingerprint density at radius 2 is 1.87 bits per heavy atom. The third-order valence-electron chi connectivity index (χ3n) is 6.73. The lowest BCUT2D eigenvalue weighted by molar-refractivity contribution is -0.122.